The lowest BCUT2D eigenvalue weighted by atomic mass is 9.98. The molecule has 1 amide bonds. The lowest BCUT2D eigenvalue weighted by Gasteiger charge is -2.45. The first-order chi connectivity index (χ1) is 21.1. The summed E-state index contributed by atoms with van der Waals surface area (Å²) in [5.74, 6) is 0.909. The maximum atomic E-state index is 14.3. The highest BCUT2D eigenvalue weighted by Crippen LogP contribution is 2.38. The van der Waals surface area contributed by atoms with E-state index in [2.05, 4.69) is 43.2 Å². The first kappa shape index (κ1) is 29.4. The molecule has 1 fully saturated rings. The summed E-state index contributed by atoms with van der Waals surface area (Å²) < 4.78 is 1.78. The maximum absolute atomic E-state index is 14.3. The summed E-state index contributed by atoms with van der Waals surface area (Å²) in [6, 6.07) is 13.5. The van der Waals surface area contributed by atoms with E-state index in [9.17, 15) is 14.7 Å². The minimum absolute atomic E-state index is 0.0404. The first-order valence-corrected chi connectivity index (χ1v) is 15.4. The van der Waals surface area contributed by atoms with Gasteiger partial charge in [-0.2, -0.15) is 4.98 Å². The van der Waals surface area contributed by atoms with Crippen molar-refractivity contribution in [2.45, 2.75) is 65.6 Å². The third kappa shape index (κ3) is 5.00. The van der Waals surface area contributed by atoms with Crippen molar-refractivity contribution in [3.05, 3.63) is 94.3 Å². The van der Waals surface area contributed by atoms with Crippen molar-refractivity contribution in [2.24, 2.45) is 0 Å². The SMILES string of the molecule is C=CC(=O)N1C[C@H](C)N(c2nc(=O)n(-c3c(C)ccnc3C(C)C)c3c2CCN(c2cc(O)cc4ccccc24)C3)C[C@H]1C. The average molecular weight is 593 g/mol. The van der Waals surface area contributed by atoms with Crippen LogP contribution in [0.15, 0.2) is 66.1 Å². The van der Waals surface area contributed by atoms with E-state index in [1.54, 1.807) is 16.8 Å². The van der Waals surface area contributed by atoms with E-state index >= 15 is 0 Å². The zero-order chi connectivity index (χ0) is 31.3. The number of anilines is 2. The van der Waals surface area contributed by atoms with Gasteiger partial charge in [-0.3, -0.25) is 14.3 Å². The second-order valence-corrected chi connectivity index (χ2v) is 12.4. The number of hydrogen-bond acceptors (Lipinski definition) is 7. The quantitative estimate of drug-likeness (QED) is 0.323. The van der Waals surface area contributed by atoms with Crippen LogP contribution < -0.4 is 15.5 Å². The topological polar surface area (TPSA) is 94.8 Å². The molecular formula is C35H40N6O3. The predicted octanol–water partition coefficient (Wildman–Crippen LogP) is 5.09. The van der Waals surface area contributed by atoms with Gasteiger partial charge in [0.2, 0.25) is 5.91 Å². The fraction of sp³-hybridized carbons (Fsp3) is 0.371. The number of benzene rings is 2. The zero-order valence-corrected chi connectivity index (χ0v) is 26.1. The summed E-state index contributed by atoms with van der Waals surface area (Å²) in [7, 11) is 0. The largest absolute Gasteiger partial charge is 0.508 e. The number of pyridine rings is 1. The molecule has 228 valence electrons. The van der Waals surface area contributed by atoms with Gasteiger partial charge in [0.05, 0.1) is 23.6 Å². The van der Waals surface area contributed by atoms with Gasteiger partial charge in [0, 0.05) is 60.6 Å². The number of amides is 1. The molecule has 2 aliphatic heterocycles. The van der Waals surface area contributed by atoms with Crippen LogP contribution in [-0.4, -0.2) is 62.2 Å². The standard InChI is InChI=1S/C35H40N6O3/c1-7-31(43)39-18-24(6)40(19-23(39)5)34-28-13-15-38(29-17-26(42)16-25-10-8-9-11-27(25)29)20-30(28)41(35(44)37-34)33-22(4)12-14-36-32(33)21(2)3/h7-12,14,16-17,21,23-24,42H,1,13,15,18-20H2,2-6H3/t23-,24+/m1/s1. The Labute approximate surface area is 258 Å². The van der Waals surface area contributed by atoms with Crippen LogP contribution in [0.25, 0.3) is 16.5 Å². The molecule has 9 nitrogen and oxygen atoms in total. The first-order valence-electron chi connectivity index (χ1n) is 15.4. The molecule has 4 aromatic rings. The Hall–Kier alpha value is -4.66. The van der Waals surface area contributed by atoms with Crippen LogP contribution in [0.5, 0.6) is 5.75 Å². The molecule has 2 atom stereocenters. The monoisotopic (exact) mass is 592 g/mol. The van der Waals surface area contributed by atoms with E-state index in [-0.39, 0.29) is 35.3 Å². The molecule has 0 bridgehead atoms. The van der Waals surface area contributed by atoms with Crippen molar-refractivity contribution in [3.8, 4) is 11.4 Å². The van der Waals surface area contributed by atoms with Gasteiger partial charge in [-0.1, -0.05) is 44.7 Å². The summed E-state index contributed by atoms with van der Waals surface area (Å²) in [5, 5.41) is 12.7. The van der Waals surface area contributed by atoms with E-state index in [0.29, 0.717) is 38.4 Å². The Morgan fingerprint density at radius 2 is 1.89 bits per heavy atom. The molecule has 2 aromatic heterocycles. The second kappa shape index (κ2) is 11.4. The summed E-state index contributed by atoms with van der Waals surface area (Å²) in [4.78, 5) is 42.6. The smallest absolute Gasteiger partial charge is 0.354 e. The lowest BCUT2D eigenvalue weighted by Crippen LogP contribution is -2.58. The van der Waals surface area contributed by atoms with Crippen molar-refractivity contribution in [3.63, 3.8) is 0 Å². The molecule has 0 unspecified atom stereocenters. The molecule has 44 heavy (non-hydrogen) atoms. The van der Waals surface area contributed by atoms with Crippen molar-refractivity contribution in [2.75, 3.05) is 29.4 Å². The van der Waals surface area contributed by atoms with E-state index in [1.807, 2.05) is 49.1 Å². The minimum atomic E-state index is -0.344. The molecule has 4 heterocycles. The normalized spacial score (nSPS) is 18.5. The van der Waals surface area contributed by atoms with Crippen LogP contribution in [-0.2, 0) is 17.8 Å². The Morgan fingerprint density at radius 3 is 2.64 bits per heavy atom. The van der Waals surface area contributed by atoms with E-state index in [1.165, 1.54) is 6.08 Å². The average Bonchev–Trinajstić information content (AvgIpc) is 3.00. The van der Waals surface area contributed by atoms with Crippen molar-refractivity contribution < 1.29 is 9.90 Å². The number of carbonyl (C=O) groups excluding carboxylic acids is 1. The van der Waals surface area contributed by atoms with Gasteiger partial charge in [-0.05, 0) is 62.3 Å². The van der Waals surface area contributed by atoms with Crippen LogP contribution in [0, 0.1) is 6.92 Å². The lowest BCUT2D eigenvalue weighted by molar-refractivity contribution is -0.128. The molecule has 9 heteroatoms. The molecule has 0 aliphatic carbocycles. The predicted molar refractivity (Wildman–Crippen MR) is 175 cm³/mol. The number of nitrogens with zero attached hydrogens (tertiary/aromatic N) is 6. The van der Waals surface area contributed by atoms with Gasteiger partial charge >= 0.3 is 5.69 Å². The zero-order valence-electron chi connectivity index (χ0n) is 26.1. The Kier molecular flexibility index (Phi) is 7.65. The number of phenolic OH excluding ortho intramolecular Hbond substituents is 1. The number of hydrogen-bond donors (Lipinski definition) is 1. The molecule has 2 aliphatic rings. The van der Waals surface area contributed by atoms with Crippen LogP contribution in [0.4, 0.5) is 11.5 Å². The van der Waals surface area contributed by atoms with Gasteiger partial charge in [-0.15, -0.1) is 0 Å². The third-order valence-electron chi connectivity index (χ3n) is 9.06. The summed E-state index contributed by atoms with van der Waals surface area (Å²) in [5.41, 5.74) is 5.08. The molecule has 0 radical (unpaired) electrons. The number of rotatable bonds is 5. The second-order valence-electron chi connectivity index (χ2n) is 12.4. The fourth-order valence-electron chi connectivity index (χ4n) is 6.86. The van der Waals surface area contributed by atoms with Gasteiger partial charge in [0.15, 0.2) is 0 Å². The maximum Gasteiger partial charge on any atom is 0.354 e. The summed E-state index contributed by atoms with van der Waals surface area (Å²) >= 11 is 0. The molecule has 0 saturated carbocycles. The van der Waals surface area contributed by atoms with Crippen LogP contribution >= 0.6 is 0 Å². The molecular weight excluding hydrogens is 552 g/mol. The molecule has 6 rings (SSSR count). The highest BCUT2D eigenvalue weighted by atomic mass is 16.3. The molecule has 0 spiro atoms. The number of phenols is 1. The molecule has 2 aromatic carbocycles. The molecule has 1 saturated heterocycles. The van der Waals surface area contributed by atoms with Gasteiger partial charge in [0.1, 0.15) is 11.6 Å². The Balaban J connectivity index is 1.54. The van der Waals surface area contributed by atoms with Crippen molar-refractivity contribution in [1.29, 1.82) is 0 Å². The number of aryl methyl sites for hydroxylation is 1. The third-order valence-corrected chi connectivity index (χ3v) is 9.06. The van der Waals surface area contributed by atoms with Gasteiger partial charge < -0.3 is 19.8 Å². The number of aromatic nitrogens is 3. The van der Waals surface area contributed by atoms with Gasteiger partial charge in [0.25, 0.3) is 0 Å². The number of fused-ring (bicyclic) bond motifs is 2. The Morgan fingerprint density at radius 1 is 1.11 bits per heavy atom. The number of piperazine rings is 1. The summed E-state index contributed by atoms with van der Waals surface area (Å²) in [6.45, 7) is 16.2. The molecule has 1 N–H and O–H groups in total. The van der Waals surface area contributed by atoms with Crippen molar-refractivity contribution in [1.82, 2.24) is 19.4 Å². The highest BCUT2D eigenvalue weighted by molar-refractivity contribution is 5.95. The van der Waals surface area contributed by atoms with E-state index in [4.69, 9.17) is 9.97 Å². The van der Waals surface area contributed by atoms with E-state index in [0.717, 1.165) is 44.7 Å². The van der Waals surface area contributed by atoms with Crippen LogP contribution in [0.3, 0.4) is 0 Å². The fourth-order valence-corrected chi connectivity index (χ4v) is 6.86. The minimum Gasteiger partial charge on any atom is -0.508 e. The summed E-state index contributed by atoms with van der Waals surface area (Å²) in [6.07, 6.45) is 3.82. The van der Waals surface area contributed by atoms with Crippen molar-refractivity contribution >= 4 is 28.2 Å². The highest BCUT2D eigenvalue weighted by Gasteiger charge is 2.36. The van der Waals surface area contributed by atoms with Crippen LogP contribution in [0.1, 0.15) is 56.1 Å². The van der Waals surface area contributed by atoms with E-state index < -0.39 is 0 Å². The number of carbonyl (C=O) groups is 1. The van der Waals surface area contributed by atoms with Gasteiger partial charge in [-0.25, -0.2) is 4.79 Å². The number of aromatic hydroxyl groups is 1. The Bertz CT molecular complexity index is 1830. The van der Waals surface area contributed by atoms with Crippen LogP contribution in [0.2, 0.25) is 0 Å².